The summed E-state index contributed by atoms with van der Waals surface area (Å²) in [4.78, 5) is 0. The van der Waals surface area contributed by atoms with E-state index in [1.54, 1.807) is 20.8 Å². The lowest BCUT2D eigenvalue weighted by atomic mass is 10.1. The lowest BCUT2D eigenvalue weighted by Crippen LogP contribution is -2.13. The summed E-state index contributed by atoms with van der Waals surface area (Å²) in [6, 6.07) is 0. The largest absolute Gasteiger partial charge is 0.287 e. The third kappa shape index (κ3) is 7.87. The van der Waals surface area contributed by atoms with E-state index < -0.39 is 15.8 Å². The molecule has 2 N–H and O–H groups in total. The lowest BCUT2D eigenvalue weighted by molar-refractivity contribution is 0.423. The summed E-state index contributed by atoms with van der Waals surface area (Å²) in [6.07, 6.45) is 0. The quantitative estimate of drug-likeness (QED) is 0.549. The van der Waals surface area contributed by atoms with Crippen LogP contribution in [0.15, 0.2) is 4.36 Å². The third-order valence-electron chi connectivity index (χ3n) is 0.393. The van der Waals surface area contributed by atoms with Gasteiger partial charge < -0.3 is 0 Å². The van der Waals surface area contributed by atoms with Crippen molar-refractivity contribution in [2.75, 3.05) is 0 Å². The summed E-state index contributed by atoms with van der Waals surface area (Å²) in [7, 11) is -3.91. The molecule has 4 nitrogen and oxygen atoms in total. The fourth-order valence-corrected chi connectivity index (χ4v) is 1.07. The van der Waals surface area contributed by atoms with E-state index in [4.69, 9.17) is 9.11 Å². The molecule has 0 spiro atoms. The van der Waals surface area contributed by atoms with Crippen molar-refractivity contribution < 1.29 is 13.3 Å². The zero-order valence-electron chi connectivity index (χ0n) is 5.66. The molecule has 0 aromatic rings. The summed E-state index contributed by atoms with van der Waals surface area (Å²) < 4.78 is 29.9. The van der Waals surface area contributed by atoms with Gasteiger partial charge in [-0.05, 0) is 20.8 Å². The Kier molecular flexibility index (Phi) is 2.21. The maximum atomic E-state index is 10.1. The first-order chi connectivity index (χ1) is 3.71. The van der Waals surface area contributed by atoms with E-state index in [9.17, 15) is 4.21 Å². The highest BCUT2D eigenvalue weighted by molar-refractivity contribution is 7.82. The monoisotopic (exact) mass is 153 g/mol. The van der Waals surface area contributed by atoms with Gasteiger partial charge in [0, 0.05) is 0 Å². The highest BCUT2D eigenvalue weighted by atomic mass is 32.2. The Hall–Kier alpha value is -0.130. The molecule has 0 radical (unpaired) electrons. The first kappa shape index (κ1) is 8.87. The Morgan fingerprint density at radius 3 is 1.67 bits per heavy atom. The number of hydrogen-bond acceptors (Lipinski definition) is 2. The van der Waals surface area contributed by atoms with Crippen molar-refractivity contribution in [2.45, 2.75) is 26.3 Å². The molecule has 0 saturated carbocycles. The van der Waals surface area contributed by atoms with Crippen LogP contribution < -0.4 is 0 Å². The summed E-state index contributed by atoms with van der Waals surface area (Å²) in [5.74, 6) is 0. The Bertz CT molecular complexity index is 188. The van der Waals surface area contributed by atoms with Crippen molar-refractivity contribution in [2.24, 2.45) is 4.36 Å². The number of rotatable bonds is 0. The van der Waals surface area contributed by atoms with Gasteiger partial charge in [-0.3, -0.25) is 9.11 Å². The van der Waals surface area contributed by atoms with Gasteiger partial charge in [-0.25, -0.2) is 0 Å². The van der Waals surface area contributed by atoms with Crippen LogP contribution in [-0.4, -0.2) is 18.9 Å². The van der Waals surface area contributed by atoms with Crippen molar-refractivity contribution in [3.8, 4) is 0 Å². The smallest absolute Gasteiger partial charge is 0.279 e. The van der Waals surface area contributed by atoms with Crippen LogP contribution >= 0.6 is 0 Å². The van der Waals surface area contributed by atoms with E-state index in [2.05, 4.69) is 4.36 Å². The first-order valence-electron chi connectivity index (χ1n) is 2.44. The average molecular weight is 153 g/mol. The molecule has 0 aliphatic carbocycles. The Morgan fingerprint density at radius 2 is 1.67 bits per heavy atom. The van der Waals surface area contributed by atoms with E-state index in [-0.39, 0.29) is 0 Å². The van der Waals surface area contributed by atoms with Gasteiger partial charge >= 0.3 is 0 Å². The van der Waals surface area contributed by atoms with Crippen molar-refractivity contribution in [3.63, 3.8) is 0 Å². The maximum Gasteiger partial charge on any atom is 0.287 e. The molecule has 0 amide bonds. The second kappa shape index (κ2) is 2.24. The second-order valence-electron chi connectivity index (χ2n) is 2.73. The zero-order valence-corrected chi connectivity index (χ0v) is 6.47. The molecule has 0 atom stereocenters. The first-order valence-corrected chi connectivity index (χ1v) is 3.87. The minimum atomic E-state index is -3.91. The van der Waals surface area contributed by atoms with E-state index in [0.29, 0.717) is 0 Å². The van der Waals surface area contributed by atoms with Gasteiger partial charge in [0.1, 0.15) is 0 Å². The fourth-order valence-electron chi connectivity index (χ4n) is 0.357. The minimum absolute atomic E-state index is 0.666. The number of nitrogens with zero attached hydrogens (tertiary/aromatic N) is 1. The van der Waals surface area contributed by atoms with Gasteiger partial charge in [-0.15, -0.1) is 0 Å². The van der Waals surface area contributed by atoms with Crippen LogP contribution in [0.2, 0.25) is 0 Å². The summed E-state index contributed by atoms with van der Waals surface area (Å²) in [5, 5.41) is 0. The molecule has 0 heterocycles. The van der Waals surface area contributed by atoms with E-state index in [1.165, 1.54) is 0 Å². The van der Waals surface area contributed by atoms with Crippen molar-refractivity contribution in [1.82, 2.24) is 0 Å². The molecule has 0 unspecified atom stereocenters. The van der Waals surface area contributed by atoms with Crippen LogP contribution in [0.5, 0.6) is 0 Å². The van der Waals surface area contributed by atoms with Gasteiger partial charge in [-0.1, -0.05) is 0 Å². The Morgan fingerprint density at radius 1 is 1.33 bits per heavy atom. The highest BCUT2D eigenvalue weighted by Crippen LogP contribution is 2.07. The molecule has 0 bridgehead atoms. The standard InChI is InChI=1S/C4H11NO3S/c1-4(2,3)5-9(6,7)8/h1-3H3,(H2,5,6,7,8). The molecule has 0 rings (SSSR count). The van der Waals surface area contributed by atoms with Gasteiger partial charge in [0.05, 0.1) is 5.54 Å². The summed E-state index contributed by atoms with van der Waals surface area (Å²) >= 11 is 0. The Balaban J connectivity index is 4.53. The molecule has 9 heavy (non-hydrogen) atoms. The van der Waals surface area contributed by atoms with Crippen LogP contribution in [0.25, 0.3) is 0 Å². The van der Waals surface area contributed by atoms with Gasteiger partial charge in [0.15, 0.2) is 0 Å². The lowest BCUT2D eigenvalue weighted by Gasteiger charge is -2.09. The summed E-state index contributed by atoms with van der Waals surface area (Å²) in [6.45, 7) is 4.87. The van der Waals surface area contributed by atoms with E-state index in [1.807, 2.05) is 0 Å². The van der Waals surface area contributed by atoms with Crippen molar-refractivity contribution in [3.05, 3.63) is 0 Å². The third-order valence-corrected chi connectivity index (χ3v) is 1.18. The molecule has 0 saturated heterocycles. The van der Waals surface area contributed by atoms with Crippen molar-refractivity contribution in [1.29, 1.82) is 0 Å². The number of hydrogen-bond donors (Lipinski definition) is 2. The van der Waals surface area contributed by atoms with Crippen molar-refractivity contribution >= 4 is 10.3 Å². The van der Waals surface area contributed by atoms with Gasteiger partial charge in [0.2, 0.25) is 0 Å². The average Bonchev–Trinajstić information content (AvgIpc) is 1.14. The zero-order chi connectivity index (χ0) is 7.71. The molecule has 5 heteroatoms. The molecule has 0 aliphatic heterocycles. The molecule has 0 aromatic carbocycles. The molecule has 0 aliphatic rings. The van der Waals surface area contributed by atoms with Gasteiger partial charge in [0.25, 0.3) is 10.3 Å². The van der Waals surface area contributed by atoms with Gasteiger partial charge in [-0.2, -0.15) is 8.57 Å². The van der Waals surface area contributed by atoms with E-state index >= 15 is 0 Å². The molecule has 0 fully saturated rings. The summed E-state index contributed by atoms with van der Waals surface area (Å²) in [5.41, 5.74) is -0.666. The second-order valence-corrected chi connectivity index (χ2v) is 3.85. The fraction of sp³-hybridized carbons (Fsp3) is 1.00. The molecule has 0 aromatic heterocycles. The van der Waals surface area contributed by atoms with Crippen LogP contribution in [-0.2, 0) is 10.3 Å². The predicted molar refractivity (Wildman–Crippen MR) is 35.6 cm³/mol. The highest BCUT2D eigenvalue weighted by Gasteiger charge is 2.10. The molecular formula is C4H11NO3S. The SMILES string of the molecule is CC(C)(C)N=S(=O)(O)O. The normalized spacial score (nSPS) is 13.4. The van der Waals surface area contributed by atoms with E-state index in [0.717, 1.165) is 0 Å². The maximum absolute atomic E-state index is 10.1. The van der Waals surface area contributed by atoms with Crippen LogP contribution in [0.1, 0.15) is 20.8 Å². The molecule has 56 valence electrons. The topological polar surface area (TPSA) is 69.9 Å². The van der Waals surface area contributed by atoms with Crippen LogP contribution in [0.4, 0.5) is 0 Å². The van der Waals surface area contributed by atoms with Crippen LogP contribution in [0, 0.1) is 0 Å². The predicted octanol–water partition coefficient (Wildman–Crippen LogP) is 1.20. The Labute approximate surface area is 55.1 Å². The molecular weight excluding hydrogens is 142 g/mol. The minimum Gasteiger partial charge on any atom is -0.279 e. The van der Waals surface area contributed by atoms with Crippen LogP contribution in [0.3, 0.4) is 0 Å².